The summed E-state index contributed by atoms with van der Waals surface area (Å²) >= 11 is 0. The minimum Gasteiger partial charge on any atom is -0.490 e. The second-order valence-corrected chi connectivity index (χ2v) is 14.5. The van der Waals surface area contributed by atoms with Gasteiger partial charge < -0.3 is 24.4 Å². The third kappa shape index (κ3) is 10.0. The molecule has 0 spiro atoms. The zero-order valence-corrected chi connectivity index (χ0v) is 29.4. The van der Waals surface area contributed by atoms with Gasteiger partial charge in [-0.3, -0.25) is 14.3 Å². The number of aryl methyl sites for hydroxylation is 1. The van der Waals surface area contributed by atoms with E-state index in [2.05, 4.69) is 4.72 Å². The lowest BCUT2D eigenvalue weighted by Crippen LogP contribution is -2.48. The molecule has 260 valence electrons. The Bertz CT molecular complexity index is 1620. The number of aliphatic hydroxyl groups excluding tert-OH is 1. The highest BCUT2D eigenvalue weighted by Gasteiger charge is 2.31. The molecule has 0 aromatic heterocycles. The van der Waals surface area contributed by atoms with Gasteiger partial charge in [0.15, 0.2) is 0 Å². The molecule has 2 amide bonds. The second kappa shape index (κ2) is 16.9. The molecular formula is C37H49N3O7S. The summed E-state index contributed by atoms with van der Waals surface area (Å²) in [7, 11) is -2.16. The normalized spacial score (nSPS) is 20.2. The molecule has 4 atom stereocenters. The van der Waals surface area contributed by atoms with Gasteiger partial charge in [-0.15, -0.1) is 0 Å². The summed E-state index contributed by atoms with van der Waals surface area (Å²) in [5.74, 6) is -0.325. The fourth-order valence-corrected chi connectivity index (χ4v) is 6.71. The van der Waals surface area contributed by atoms with Crippen LogP contribution in [0.1, 0.15) is 61.5 Å². The number of carbonyl (C=O) groups is 2. The minimum absolute atomic E-state index is 0.0337. The van der Waals surface area contributed by atoms with Gasteiger partial charge >= 0.3 is 0 Å². The van der Waals surface area contributed by atoms with E-state index in [0.29, 0.717) is 25.3 Å². The molecule has 11 heteroatoms. The molecule has 0 radical (unpaired) electrons. The average molecular weight is 680 g/mol. The molecule has 1 aliphatic rings. The molecule has 0 bridgehead atoms. The van der Waals surface area contributed by atoms with E-state index < -0.39 is 22.0 Å². The van der Waals surface area contributed by atoms with Gasteiger partial charge in [0.25, 0.3) is 15.9 Å². The smallest absolute Gasteiger partial charge is 0.261 e. The van der Waals surface area contributed by atoms with Crippen LogP contribution in [0.3, 0.4) is 0 Å². The van der Waals surface area contributed by atoms with Crippen molar-refractivity contribution in [1.82, 2.24) is 9.80 Å². The van der Waals surface area contributed by atoms with Gasteiger partial charge in [-0.1, -0.05) is 55.0 Å². The van der Waals surface area contributed by atoms with Crippen molar-refractivity contribution in [3.05, 3.63) is 89.5 Å². The van der Waals surface area contributed by atoms with E-state index in [0.717, 1.165) is 24.0 Å². The largest absolute Gasteiger partial charge is 0.490 e. The Morgan fingerprint density at radius 3 is 2.46 bits per heavy atom. The Morgan fingerprint density at radius 2 is 1.77 bits per heavy atom. The average Bonchev–Trinajstić information content (AvgIpc) is 3.06. The van der Waals surface area contributed by atoms with Crippen molar-refractivity contribution in [2.45, 2.75) is 76.5 Å². The SMILES string of the molecule is Cc1ccc(S(=O)(=O)Nc2ccc3c(c2)C(=O)N([C@@H](C)CO)C[C@@H](C)[C@H](CN(C)C(=O)Cc2ccccc2)OCCCC[C@H](C)O3)cc1. The molecule has 0 aliphatic carbocycles. The molecule has 1 heterocycles. The second-order valence-electron chi connectivity index (χ2n) is 12.9. The first-order valence-electron chi connectivity index (χ1n) is 16.6. The number of hydrogen-bond donors (Lipinski definition) is 2. The number of benzene rings is 3. The van der Waals surface area contributed by atoms with Crippen LogP contribution in [0.15, 0.2) is 77.7 Å². The molecule has 4 rings (SSSR count). The predicted octanol–water partition coefficient (Wildman–Crippen LogP) is 5.29. The zero-order valence-electron chi connectivity index (χ0n) is 28.6. The van der Waals surface area contributed by atoms with E-state index in [1.54, 1.807) is 48.0 Å². The maximum atomic E-state index is 14.4. The molecule has 3 aromatic rings. The van der Waals surface area contributed by atoms with Gasteiger partial charge in [-0.25, -0.2) is 8.42 Å². The Balaban J connectivity index is 1.63. The van der Waals surface area contributed by atoms with Crippen LogP contribution in [0.4, 0.5) is 5.69 Å². The third-order valence-electron chi connectivity index (χ3n) is 8.71. The van der Waals surface area contributed by atoms with Crippen molar-refractivity contribution in [2.75, 3.05) is 38.1 Å². The van der Waals surface area contributed by atoms with Crippen LogP contribution < -0.4 is 9.46 Å². The van der Waals surface area contributed by atoms with Crippen LogP contribution >= 0.6 is 0 Å². The maximum absolute atomic E-state index is 14.4. The van der Waals surface area contributed by atoms with Crippen LogP contribution in [0.25, 0.3) is 0 Å². The van der Waals surface area contributed by atoms with Crippen molar-refractivity contribution in [3.63, 3.8) is 0 Å². The van der Waals surface area contributed by atoms with Gasteiger partial charge in [0, 0.05) is 38.3 Å². The van der Waals surface area contributed by atoms with Gasteiger partial charge in [-0.05, 0) is 75.9 Å². The fourth-order valence-electron chi connectivity index (χ4n) is 5.66. The lowest BCUT2D eigenvalue weighted by molar-refractivity contribution is -0.131. The molecule has 48 heavy (non-hydrogen) atoms. The van der Waals surface area contributed by atoms with Crippen molar-refractivity contribution in [1.29, 1.82) is 0 Å². The van der Waals surface area contributed by atoms with E-state index in [1.807, 2.05) is 51.1 Å². The Morgan fingerprint density at radius 1 is 1.06 bits per heavy atom. The Hall–Kier alpha value is -3.93. The number of hydrogen-bond acceptors (Lipinski definition) is 7. The first-order chi connectivity index (χ1) is 22.9. The van der Waals surface area contributed by atoms with Gasteiger partial charge in [0.2, 0.25) is 5.91 Å². The number of nitrogens with zero attached hydrogens (tertiary/aromatic N) is 2. The number of likely N-dealkylation sites (N-methyl/N-ethyl adjacent to an activating group) is 1. The maximum Gasteiger partial charge on any atom is 0.261 e. The van der Waals surface area contributed by atoms with E-state index in [9.17, 15) is 23.1 Å². The number of amides is 2. The quantitative estimate of drug-likeness (QED) is 0.315. The molecule has 2 N–H and O–H groups in total. The van der Waals surface area contributed by atoms with Crippen LogP contribution in [-0.4, -0.2) is 86.7 Å². The highest BCUT2D eigenvalue weighted by Crippen LogP contribution is 2.29. The summed E-state index contributed by atoms with van der Waals surface area (Å²) in [4.78, 5) is 30.9. The van der Waals surface area contributed by atoms with Crippen LogP contribution in [0.5, 0.6) is 5.75 Å². The summed E-state index contributed by atoms with van der Waals surface area (Å²) < 4.78 is 41.7. The highest BCUT2D eigenvalue weighted by atomic mass is 32.2. The third-order valence-corrected chi connectivity index (χ3v) is 10.1. The van der Waals surface area contributed by atoms with Gasteiger partial charge in [-0.2, -0.15) is 0 Å². The summed E-state index contributed by atoms with van der Waals surface area (Å²) in [5, 5.41) is 10.2. The summed E-state index contributed by atoms with van der Waals surface area (Å²) in [6.45, 7) is 8.31. The van der Waals surface area contributed by atoms with E-state index in [1.165, 1.54) is 18.2 Å². The van der Waals surface area contributed by atoms with Crippen molar-refractivity contribution in [3.8, 4) is 5.75 Å². The van der Waals surface area contributed by atoms with Gasteiger partial charge in [0.05, 0.1) is 41.7 Å². The lowest BCUT2D eigenvalue weighted by Gasteiger charge is -2.36. The fraction of sp³-hybridized carbons (Fsp3) is 0.459. The van der Waals surface area contributed by atoms with E-state index in [4.69, 9.17) is 9.47 Å². The van der Waals surface area contributed by atoms with Crippen molar-refractivity contribution < 1.29 is 32.6 Å². The Labute approximate surface area is 285 Å². The number of rotatable bonds is 9. The molecule has 0 fully saturated rings. The first kappa shape index (κ1) is 36.9. The summed E-state index contributed by atoms with van der Waals surface area (Å²) in [6, 6.07) is 20.2. The summed E-state index contributed by atoms with van der Waals surface area (Å²) in [6.07, 6.45) is 2.01. The monoisotopic (exact) mass is 679 g/mol. The number of ether oxygens (including phenoxy) is 2. The number of carbonyl (C=O) groups excluding carboxylic acids is 2. The minimum atomic E-state index is -3.93. The molecule has 0 saturated heterocycles. The zero-order chi connectivity index (χ0) is 34.8. The van der Waals surface area contributed by atoms with Gasteiger partial charge in [0.1, 0.15) is 5.75 Å². The van der Waals surface area contributed by atoms with E-state index in [-0.39, 0.29) is 59.8 Å². The summed E-state index contributed by atoms with van der Waals surface area (Å²) in [5.41, 5.74) is 2.26. The number of aliphatic hydroxyl groups is 1. The highest BCUT2D eigenvalue weighted by molar-refractivity contribution is 7.92. The van der Waals surface area contributed by atoms with Crippen LogP contribution in [0, 0.1) is 12.8 Å². The molecular weight excluding hydrogens is 630 g/mol. The molecule has 0 saturated carbocycles. The topological polar surface area (TPSA) is 125 Å². The number of nitrogens with one attached hydrogen (secondary N) is 1. The van der Waals surface area contributed by atoms with Crippen molar-refractivity contribution >= 4 is 27.5 Å². The number of anilines is 1. The van der Waals surface area contributed by atoms with Crippen LogP contribution in [0.2, 0.25) is 0 Å². The Kier molecular flexibility index (Phi) is 13.0. The van der Waals surface area contributed by atoms with E-state index >= 15 is 0 Å². The predicted molar refractivity (Wildman–Crippen MR) is 187 cm³/mol. The molecule has 3 aromatic carbocycles. The van der Waals surface area contributed by atoms with Crippen LogP contribution in [-0.2, 0) is 26.0 Å². The van der Waals surface area contributed by atoms with Crippen molar-refractivity contribution in [2.24, 2.45) is 5.92 Å². The lowest BCUT2D eigenvalue weighted by atomic mass is 10.0. The molecule has 0 unspecified atom stereocenters. The number of sulfonamides is 1. The number of fused-ring (bicyclic) bond motifs is 1. The first-order valence-corrected chi connectivity index (χ1v) is 18.1. The molecule has 1 aliphatic heterocycles. The molecule has 10 nitrogen and oxygen atoms in total. The standard InChI is InChI=1S/C37H49N3O7S/c1-26-14-17-32(18-15-26)48(44,45)38-31-16-19-34-33(22-31)37(43)40(28(3)25-41)23-27(2)35(46-20-10-9-11-29(4)47-34)24-39(5)36(42)21-30-12-7-6-8-13-30/h6-8,12-19,22,27-29,35,38,41H,9-11,20-21,23-25H2,1-5H3/t27-,28+,29+,35+/m1/s1.